The third-order valence-electron chi connectivity index (χ3n) is 3.97. The third-order valence-corrected chi connectivity index (χ3v) is 5.44. The Morgan fingerprint density at radius 2 is 1.83 bits per heavy atom. The van der Waals surface area contributed by atoms with Gasteiger partial charge in [-0.25, -0.2) is 0 Å². The molecule has 1 atom stereocenters. The van der Waals surface area contributed by atoms with Crippen molar-refractivity contribution < 1.29 is 4.79 Å². The number of thiophene rings is 1. The van der Waals surface area contributed by atoms with Crippen LogP contribution in [0.4, 0.5) is 0 Å². The van der Waals surface area contributed by atoms with Crippen LogP contribution < -0.4 is 0 Å². The summed E-state index contributed by atoms with van der Waals surface area (Å²) < 4.78 is 1.15. The van der Waals surface area contributed by atoms with Crippen LogP contribution in [-0.2, 0) is 4.79 Å². The molecule has 3 rings (SSSR count). The molecule has 0 aliphatic rings. The number of hydrogen-bond acceptors (Lipinski definition) is 2. The molecular formula is C19H18ClNOS. The second-order valence-corrected chi connectivity index (χ2v) is 7.29. The van der Waals surface area contributed by atoms with Crippen LogP contribution in [0, 0.1) is 0 Å². The Hall–Kier alpha value is -1.84. The number of fused-ring (bicyclic) bond motifs is 1. The zero-order valence-electron chi connectivity index (χ0n) is 13.3. The SMILES string of the molecule is CC(C(=O)N(C)C)c1c(-c2ccccc2)sc2ccc(Cl)cc12. The highest BCUT2D eigenvalue weighted by molar-refractivity contribution is 7.22. The maximum Gasteiger partial charge on any atom is 0.229 e. The van der Waals surface area contributed by atoms with E-state index in [1.165, 1.54) is 0 Å². The minimum atomic E-state index is -0.215. The van der Waals surface area contributed by atoms with Crippen LogP contribution in [-0.4, -0.2) is 24.9 Å². The molecule has 0 N–H and O–H groups in total. The summed E-state index contributed by atoms with van der Waals surface area (Å²) in [7, 11) is 3.59. The van der Waals surface area contributed by atoms with Gasteiger partial charge in [0.25, 0.3) is 0 Å². The van der Waals surface area contributed by atoms with Crippen molar-refractivity contribution in [2.24, 2.45) is 0 Å². The van der Waals surface area contributed by atoms with E-state index in [1.807, 2.05) is 43.3 Å². The summed E-state index contributed by atoms with van der Waals surface area (Å²) in [6, 6.07) is 16.1. The molecule has 1 aromatic heterocycles. The van der Waals surface area contributed by atoms with Gasteiger partial charge < -0.3 is 4.90 Å². The maximum absolute atomic E-state index is 12.6. The number of rotatable bonds is 3. The van der Waals surface area contributed by atoms with E-state index in [0.29, 0.717) is 5.02 Å². The second-order valence-electron chi connectivity index (χ2n) is 5.81. The fraction of sp³-hybridized carbons (Fsp3) is 0.211. The number of carbonyl (C=O) groups is 1. The quantitative estimate of drug-likeness (QED) is 0.622. The van der Waals surface area contributed by atoms with Crippen molar-refractivity contribution in [1.82, 2.24) is 4.90 Å². The van der Waals surface area contributed by atoms with E-state index < -0.39 is 0 Å². The first kappa shape index (κ1) is 16.0. The molecule has 1 unspecified atom stereocenters. The molecule has 0 radical (unpaired) electrons. The van der Waals surface area contributed by atoms with E-state index in [0.717, 1.165) is 26.1 Å². The summed E-state index contributed by atoms with van der Waals surface area (Å²) in [6.07, 6.45) is 0. The zero-order valence-corrected chi connectivity index (χ0v) is 14.9. The van der Waals surface area contributed by atoms with Crippen LogP contribution in [0.5, 0.6) is 0 Å². The summed E-state index contributed by atoms with van der Waals surface area (Å²) in [5.74, 6) is -0.116. The molecule has 0 spiro atoms. The molecule has 1 heterocycles. The van der Waals surface area contributed by atoms with Crippen molar-refractivity contribution in [2.75, 3.05) is 14.1 Å². The zero-order chi connectivity index (χ0) is 16.6. The average molecular weight is 344 g/mol. The van der Waals surface area contributed by atoms with Crippen molar-refractivity contribution in [3.05, 3.63) is 59.1 Å². The van der Waals surface area contributed by atoms with Crippen molar-refractivity contribution in [3.63, 3.8) is 0 Å². The highest BCUT2D eigenvalue weighted by Gasteiger charge is 2.25. The molecule has 118 valence electrons. The third kappa shape index (κ3) is 2.99. The Balaban J connectivity index is 2.27. The fourth-order valence-electron chi connectivity index (χ4n) is 2.83. The van der Waals surface area contributed by atoms with Crippen LogP contribution in [0.2, 0.25) is 5.02 Å². The summed E-state index contributed by atoms with van der Waals surface area (Å²) in [5.41, 5.74) is 2.20. The van der Waals surface area contributed by atoms with Gasteiger partial charge in [-0.05, 0) is 41.6 Å². The van der Waals surface area contributed by atoms with Crippen LogP contribution in [0.25, 0.3) is 20.5 Å². The van der Waals surface area contributed by atoms with Crippen molar-refractivity contribution >= 4 is 38.9 Å². The molecule has 0 aliphatic heterocycles. The number of likely N-dealkylation sites (N-methyl/N-ethyl adjacent to an activating group) is 1. The van der Waals surface area contributed by atoms with Gasteiger partial charge in [0, 0.05) is 28.7 Å². The Labute approximate surface area is 145 Å². The Bertz CT molecular complexity index is 854. The lowest BCUT2D eigenvalue weighted by atomic mass is 9.94. The highest BCUT2D eigenvalue weighted by atomic mass is 35.5. The van der Waals surface area contributed by atoms with E-state index in [1.54, 1.807) is 30.3 Å². The standard InChI is InChI=1S/C19H18ClNOS/c1-12(19(22)21(2)3)17-15-11-14(20)9-10-16(15)23-18(17)13-7-5-4-6-8-13/h4-12H,1-3H3. The molecule has 0 saturated carbocycles. The second kappa shape index (κ2) is 6.34. The van der Waals surface area contributed by atoms with Gasteiger partial charge in [0.1, 0.15) is 0 Å². The first-order chi connectivity index (χ1) is 11.0. The summed E-state index contributed by atoms with van der Waals surface area (Å²) in [5, 5.41) is 1.77. The molecular weight excluding hydrogens is 326 g/mol. The predicted molar refractivity (Wildman–Crippen MR) is 99.4 cm³/mol. The lowest BCUT2D eigenvalue weighted by molar-refractivity contribution is -0.129. The molecule has 0 fully saturated rings. The monoisotopic (exact) mass is 343 g/mol. The van der Waals surface area contributed by atoms with E-state index >= 15 is 0 Å². The number of hydrogen-bond donors (Lipinski definition) is 0. The van der Waals surface area contributed by atoms with E-state index in [9.17, 15) is 4.79 Å². The van der Waals surface area contributed by atoms with Crippen LogP contribution in [0.1, 0.15) is 18.4 Å². The van der Waals surface area contributed by atoms with E-state index in [-0.39, 0.29) is 11.8 Å². The van der Waals surface area contributed by atoms with Crippen LogP contribution in [0.15, 0.2) is 48.5 Å². The van der Waals surface area contributed by atoms with Crippen LogP contribution >= 0.6 is 22.9 Å². The number of nitrogens with zero attached hydrogens (tertiary/aromatic N) is 1. The average Bonchev–Trinajstić information content (AvgIpc) is 2.92. The topological polar surface area (TPSA) is 20.3 Å². The number of carbonyl (C=O) groups excluding carboxylic acids is 1. The van der Waals surface area contributed by atoms with Gasteiger partial charge in [0.15, 0.2) is 0 Å². The smallest absolute Gasteiger partial charge is 0.229 e. The minimum Gasteiger partial charge on any atom is -0.348 e. The molecule has 23 heavy (non-hydrogen) atoms. The van der Waals surface area contributed by atoms with Crippen LogP contribution in [0.3, 0.4) is 0 Å². The highest BCUT2D eigenvalue weighted by Crippen LogP contribution is 2.43. The fourth-order valence-corrected chi connectivity index (χ4v) is 4.29. The minimum absolute atomic E-state index is 0.0989. The lowest BCUT2D eigenvalue weighted by Crippen LogP contribution is -2.26. The van der Waals surface area contributed by atoms with Gasteiger partial charge >= 0.3 is 0 Å². The van der Waals surface area contributed by atoms with Gasteiger partial charge in [-0.1, -0.05) is 41.9 Å². The van der Waals surface area contributed by atoms with E-state index in [4.69, 9.17) is 11.6 Å². The van der Waals surface area contributed by atoms with Gasteiger partial charge in [-0.3, -0.25) is 4.79 Å². The molecule has 2 nitrogen and oxygen atoms in total. The largest absolute Gasteiger partial charge is 0.348 e. The lowest BCUT2D eigenvalue weighted by Gasteiger charge is -2.18. The molecule has 4 heteroatoms. The van der Waals surface area contributed by atoms with Gasteiger partial charge in [0.05, 0.1) is 5.92 Å². The van der Waals surface area contributed by atoms with Crippen molar-refractivity contribution in [2.45, 2.75) is 12.8 Å². The molecule has 1 amide bonds. The Kier molecular flexibility index (Phi) is 4.42. The maximum atomic E-state index is 12.6. The molecule has 0 saturated heterocycles. The summed E-state index contributed by atoms with van der Waals surface area (Å²) >= 11 is 7.92. The van der Waals surface area contributed by atoms with Crippen molar-refractivity contribution in [1.29, 1.82) is 0 Å². The van der Waals surface area contributed by atoms with Gasteiger partial charge in [0.2, 0.25) is 5.91 Å². The molecule has 3 aromatic rings. The van der Waals surface area contributed by atoms with Gasteiger partial charge in [-0.15, -0.1) is 11.3 Å². The number of benzene rings is 2. The number of halogens is 1. The summed E-state index contributed by atoms with van der Waals surface area (Å²) in [6.45, 7) is 1.97. The first-order valence-electron chi connectivity index (χ1n) is 7.47. The molecule has 0 bridgehead atoms. The molecule has 2 aromatic carbocycles. The van der Waals surface area contributed by atoms with Gasteiger partial charge in [-0.2, -0.15) is 0 Å². The van der Waals surface area contributed by atoms with E-state index in [2.05, 4.69) is 12.1 Å². The normalized spacial score (nSPS) is 12.3. The predicted octanol–water partition coefficient (Wildman–Crippen LogP) is 5.41. The Morgan fingerprint density at radius 3 is 2.48 bits per heavy atom. The summed E-state index contributed by atoms with van der Waals surface area (Å²) in [4.78, 5) is 15.3. The first-order valence-corrected chi connectivity index (χ1v) is 8.67. The molecule has 0 aliphatic carbocycles. The Morgan fingerprint density at radius 1 is 1.13 bits per heavy atom. The van der Waals surface area contributed by atoms with Crippen molar-refractivity contribution in [3.8, 4) is 10.4 Å². The number of amides is 1.